The third kappa shape index (κ3) is 2.50. The Kier molecular flexibility index (Phi) is 3.57. The summed E-state index contributed by atoms with van der Waals surface area (Å²) in [7, 11) is 0. The first kappa shape index (κ1) is 16.1. The van der Waals surface area contributed by atoms with E-state index < -0.39 is 17.2 Å². The molecule has 1 atom stereocenters. The molecule has 0 radical (unpaired) electrons. The monoisotopic (exact) mass is 345 g/mol. The number of halogens is 1. The summed E-state index contributed by atoms with van der Waals surface area (Å²) < 4.78 is 16.7. The van der Waals surface area contributed by atoms with Crippen LogP contribution in [0.15, 0.2) is 17.1 Å². The van der Waals surface area contributed by atoms with Gasteiger partial charge in [0.15, 0.2) is 0 Å². The van der Waals surface area contributed by atoms with Crippen molar-refractivity contribution in [3.63, 3.8) is 0 Å². The zero-order chi connectivity index (χ0) is 17.9. The fourth-order valence-corrected chi connectivity index (χ4v) is 3.84. The van der Waals surface area contributed by atoms with Gasteiger partial charge >= 0.3 is 5.97 Å². The summed E-state index contributed by atoms with van der Waals surface area (Å²) in [6, 6.07) is 1.36. The molecule has 2 fully saturated rings. The number of carbonyl (C=O) groups is 1. The molecular weight excluding hydrogens is 325 g/mol. The number of nitrogens with two attached hydrogens (primary N) is 1. The van der Waals surface area contributed by atoms with Gasteiger partial charge in [-0.2, -0.15) is 0 Å². The van der Waals surface area contributed by atoms with Gasteiger partial charge in [0.1, 0.15) is 11.4 Å². The number of fused-ring (bicyclic) bond motifs is 1. The van der Waals surface area contributed by atoms with Crippen LogP contribution in [0.1, 0.15) is 41.2 Å². The minimum Gasteiger partial charge on any atom is -0.477 e. The van der Waals surface area contributed by atoms with Crippen molar-refractivity contribution >= 4 is 22.6 Å². The van der Waals surface area contributed by atoms with Crippen molar-refractivity contribution in [2.45, 2.75) is 38.3 Å². The highest BCUT2D eigenvalue weighted by Gasteiger charge is 2.30. The van der Waals surface area contributed by atoms with E-state index in [0.29, 0.717) is 29.9 Å². The molecule has 4 rings (SSSR count). The van der Waals surface area contributed by atoms with E-state index in [1.165, 1.54) is 12.3 Å². The SMILES string of the molecule is Cc1c(N2CC[C@H](N)C2)c(F)cc2c(=O)c(C(=O)O)cn(C3CC3)c12. The quantitative estimate of drug-likeness (QED) is 0.888. The lowest BCUT2D eigenvalue weighted by Gasteiger charge is -2.24. The highest BCUT2D eigenvalue weighted by atomic mass is 19.1. The van der Waals surface area contributed by atoms with Crippen LogP contribution in [-0.2, 0) is 0 Å². The van der Waals surface area contributed by atoms with Crippen molar-refractivity contribution in [3.8, 4) is 0 Å². The molecule has 3 N–H and O–H groups in total. The third-order valence-electron chi connectivity index (χ3n) is 5.19. The summed E-state index contributed by atoms with van der Waals surface area (Å²) in [6.07, 6.45) is 4.06. The predicted octanol–water partition coefficient (Wildman–Crippen LogP) is 2.02. The van der Waals surface area contributed by atoms with Crippen molar-refractivity contribution < 1.29 is 14.3 Å². The zero-order valence-corrected chi connectivity index (χ0v) is 14.0. The molecule has 0 amide bonds. The number of aryl methyl sites for hydroxylation is 1. The van der Waals surface area contributed by atoms with E-state index in [1.54, 1.807) is 6.92 Å². The maximum Gasteiger partial charge on any atom is 0.341 e. The fourth-order valence-electron chi connectivity index (χ4n) is 3.84. The molecule has 0 unspecified atom stereocenters. The minimum absolute atomic E-state index is 0.00880. The van der Waals surface area contributed by atoms with E-state index in [0.717, 1.165) is 19.3 Å². The first-order chi connectivity index (χ1) is 11.9. The molecule has 2 aliphatic rings. The van der Waals surface area contributed by atoms with Crippen LogP contribution in [0.25, 0.3) is 10.9 Å². The van der Waals surface area contributed by atoms with E-state index in [1.807, 2.05) is 9.47 Å². The third-order valence-corrected chi connectivity index (χ3v) is 5.19. The second kappa shape index (κ2) is 5.56. The molecule has 132 valence electrons. The largest absolute Gasteiger partial charge is 0.477 e. The number of hydrogen-bond donors (Lipinski definition) is 2. The molecule has 1 aliphatic carbocycles. The molecule has 6 nitrogen and oxygen atoms in total. The van der Waals surface area contributed by atoms with Gasteiger partial charge in [0.2, 0.25) is 5.43 Å². The van der Waals surface area contributed by atoms with Crippen LogP contribution in [0, 0.1) is 12.7 Å². The standard InChI is InChI=1S/C18H20FN3O3/c1-9-15-12(6-14(19)16(9)21-5-4-10(20)7-21)17(23)13(18(24)25)8-22(15)11-2-3-11/h6,8,10-11H,2-5,7,20H2,1H3,(H,24,25)/t10-/m0/s1. The van der Waals surface area contributed by atoms with Crippen LogP contribution in [0.2, 0.25) is 0 Å². The Labute approximate surface area is 143 Å². The van der Waals surface area contributed by atoms with Crippen LogP contribution < -0.4 is 16.1 Å². The van der Waals surface area contributed by atoms with Gasteiger partial charge in [-0.3, -0.25) is 4.79 Å². The minimum atomic E-state index is -1.28. The number of aromatic nitrogens is 1. The Morgan fingerprint density at radius 2 is 2.08 bits per heavy atom. The van der Waals surface area contributed by atoms with Crippen molar-refractivity contribution in [2.75, 3.05) is 18.0 Å². The van der Waals surface area contributed by atoms with Crippen molar-refractivity contribution in [2.24, 2.45) is 5.73 Å². The van der Waals surface area contributed by atoms with E-state index in [4.69, 9.17) is 5.73 Å². The zero-order valence-electron chi connectivity index (χ0n) is 14.0. The Balaban J connectivity index is 2.03. The summed E-state index contributed by atoms with van der Waals surface area (Å²) in [5.74, 6) is -1.78. The van der Waals surface area contributed by atoms with Crippen molar-refractivity contribution in [1.82, 2.24) is 4.57 Å². The van der Waals surface area contributed by atoms with Gasteiger partial charge in [0.05, 0.1) is 11.2 Å². The molecule has 2 heterocycles. The lowest BCUT2D eigenvalue weighted by atomic mass is 10.0. The first-order valence-corrected chi connectivity index (χ1v) is 8.50. The number of aromatic carboxylic acids is 1. The van der Waals surface area contributed by atoms with Gasteiger partial charge in [-0.1, -0.05) is 0 Å². The van der Waals surface area contributed by atoms with Crippen LogP contribution >= 0.6 is 0 Å². The molecule has 0 bridgehead atoms. The van der Waals surface area contributed by atoms with E-state index in [2.05, 4.69) is 0 Å². The average Bonchev–Trinajstić information content (AvgIpc) is 3.30. The smallest absolute Gasteiger partial charge is 0.341 e. The molecule has 1 aromatic carbocycles. The Morgan fingerprint density at radius 1 is 1.36 bits per heavy atom. The molecule has 25 heavy (non-hydrogen) atoms. The molecule has 0 spiro atoms. The summed E-state index contributed by atoms with van der Waals surface area (Å²) in [4.78, 5) is 25.9. The molecule has 1 aliphatic heterocycles. The van der Waals surface area contributed by atoms with Crippen LogP contribution in [-0.4, -0.2) is 34.8 Å². The lowest BCUT2D eigenvalue weighted by molar-refractivity contribution is 0.0695. The van der Waals surface area contributed by atoms with Gasteiger partial charge in [-0.25, -0.2) is 9.18 Å². The van der Waals surface area contributed by atoms with E-state index in [9.17, 15) is 19.1 Å². The summed E-state index contributed by atoms with van der Waals surface area (Å²) >= 11 is 0. The number of carboxylic acids is 1. The number of hydrogen-bond acceptors (Lipinski definition) is 4. The summed E-state index contributed by atoms with van der Waals surface area (Å²) in [6.45, 7) is 3.04. The normalized spacial score (nSPS) is 20.4. The second-order valence-corrected chi connectivity index (χ2v) is 7.04. The maximum atomic E-state index is 14.8. The van der Waals surface area contributed by atoms with Crippen LogP contribution in [0.4, 0.5) is 10.1 Å². The second-order valence-electron chi connectivity index (χ2n) is 7.04. The molecule has 7 heteroatoms. The summed E-state index contributed by atoms with van der Waals surface area (Å²) in [5.41, 5.74) is 6.79. The van der Waals surface area contributed by atoms with Gasteiger partial charge < -0.3 is 20.3 Å². The Morgan fingerprint density at radius 3 is 2.64 bits per heavy atom. The van der Waals surface area contributed by atoms with Gasteiger partial charge in [0.25, 0.3) is 0 Å². The van der Waals surface area contributed by atoms with Gasteiger partial charge in [-0.15, -0.1) is 0 Å². The lowest BCUT2D eigenvalue weighted by Crippen LogP contribution is -2.28. The number of carboxylic acid groups (broad SMARTS) is 1. The number of benzene rings is 1. The Bertz CT molecular complexity index is 949. The van der Waals surface area contributed by atoms with E-state index >= 15 is 0 Å². The van der Waals surface area contributed by atoms with Crippen molar-refractivity contribution in [3.05, 3.63) is 39.4 Å². The van der Waals surface area contributed by atoms with Gasteiger partial charge in [-0.05, 0) is 37.8 Å². The highest BCUT2D eigenvalue weighted by molar-refractivity contribution is 5.95. The maximum absolute atomic E-state index is 14.8. The van der Waals surface area contributed by atoms with Crippen LogP contribution in [0.3, 0.4) is 0 Å². The molecule has 1 saturated carbocycles. The number of pyridine rings is 1. The first-order valence-electron chi connectivity index (χ1n) is 8.50. The van der Waals surface area contributed by atoms with Crippen molar-refractivity contribution in [1.29, 1.82) is 0 Å². The van der Waals surface area contributed by atoms with E-state index in [-0.39, 0.29) is 23.0 Å². The molecule has 1 aromatic heterocycles. The predicted molar refractivity (Wildman–Crippen MR) is 92.9 cm³/mol. The number of nitrogens with zero attached hydrogens (tertiary/aromatic N) is 2. The highest BCUT2D eigenvalue weighted by Crippen LogP contribution is 2.40. The van der Waals surface area contributed by atoms with Crippen LogP contribution in [0.5, 0.6) is 0 Å². The molecule has 2 aromatic rings. The number of anilines is 1. The topological polar surface area (TPSA) is 88.6 Å². The Hall–Kier alpha value is -2.41. The average molecular weight is 345 g/mol. The molecular formula is C18H20FN3O3. The molecule has 1 saturated heterocycles. The van der Waals surface area contributed by atoms with Gasteiger partial charge in [0, 0.05) is 36.8 Å². The fraction of sp³-hybridized carbons (Fsp3) is 0.444. The number of rotatable bonds is 3. The summed E-state index contributed by atoms with van der Waals surface area (Å²) in [5, 5.41) is 9.45.